The fourth-order valence-corrected chi connectivity index (χ4v) is 2.29. The molecular formula is C14H20N2O3. The summed E-state index contributed by atoms with van der Waals surface area (Å²) in [6, 6.07) is 1.40. The number of amides is 1. The highest BCUT2D eigenvalue weighted by Gasteiger charge is 2.16. The Labute approximate surface area is 112 Å². The van der Waals surface area contributed by atoms with Gasteiger partial charge in [-0.25, -0.2) is 0 Å². The van der Waals surface area contributed by atoms with Gasteiger partial charge in [0, 0.05) is 25.4 Å². The molecule has 1 saturated heterocycles. The Hall–Kier alpha value is -1.78. The lowest BCUT2D eigenvalue weighted by Crippen LogP contribution is -2.36. The molecule has 0 saturated carbocycles. The Bertz CT molecular complexity index is 488. The van der Waals surface area contributed by atoms with Crippen LogP contribution in [0.25, 0.3) is 0 Å². The van der Waals surface area contributed by atoms with Crippen LogP contribution in [0.5, 0.6) is 5.75 Å². The van der Waals surface area contributed by atoms with Crippen molar-refractivity contribution in [2.75, 3.05) is 19.7 Å². The van der Waals surface area contributed by atoms with Crippen LogP contribution in [0.4, 0.5) is 0 Å². The molecule has 0 radical (unpaired) electrons. The molecule has 19 heavy (non-hydrogen) atoms. The Morgan fingerprint density at radius 1 is 1.32 bits per heavy atom. The molecule has 0 bridgehead atoms. The second-order valence-electron chi connectivity index (χ2n) is 4.88. The molecule has 0 spiro atoms. The second kappa shape index (κ2) is 6.41. The quantitative estimate of drug-likeness (QED) is 0.899. The Morgan fingerprint density at radius 3 is 2.63 bits per heavy atom. The number of likely N-dealkylation sites (tertiary alicyclic amines) is 1. The van der Waals surface area contributed by atoms with Crippen molar-refractivity contribution in [2.24, 2.45) is 0 Å². The standard InChI is InChI=1S/C14H20N2O3/c1-11-14(12(17)6-7-15-11)19-10-13(18)16-8-4-2-3-5-9-16/h6-7H,2-5,8-10H2,1H3,(H,15,17). The van der Waals surface area contributed by atoms with Gasteiger partial charge in [-0.2, -0.15) is 0 Å². The van der Waals surface area contributed by atoms with E-state index in [0.29, 0.717) is 5.69 Å². The molecule has 0 unspecified atom stereocenters. The van der Waals surface area contributed by atoms with Gasteiger partial charge in [0.05, 0.1) is 5.69 Å². The van der Waals surface area contributed by atoms with Crippen LogP contribution in [0.3, 0.4) is 0 Å². The zero-order valence-electron chi connectivity index (χ0n) is 11.3. The van der Waals surface area contributed by atoms with E-state index in [1.54, 1.807) is 13.1 Å². The van der Waals surface area contributed by atoms with Crippen LogP contribution in [0.15, 0.2) is 17.1 Å². The number of hydrogen-bond acceptors (Lipinski definition) is 3. The van der Waals surface area contributed by atoms with Crippen LogP contribution in [0, 0.1) is 6.92 Å². The van der Waals surface area contributed by atoms with E-state index >= 15 is 0 Å². The van der Waals surface area contributed by atoms with Crippen molar-refractivity contribution in [3.05, 3.63) is 28.2 Å². The predicted molar refractivity (Wildman–Crippen MR) is 72.3 cm³/mol. The molecule has 5 nitrogen and oxygen atoms in total. The third kappa shape index (κ3) is 3.59. The second-order valence-corrected chi connectivity index (χ2v) is 4.88. The summed E-state index contributed by atoms with van der Waals surface area (Å²) < 4.78 is 5.39. The van der Waals surface area contributed by atoms with Gasteiger partial charge < -0.3 is 14.6 Å². The van der Waals surface area contributed by atoms with Gasteiger partial charge in [-0.15, -0.1) is 0 Å². The minimum Gasteiger partial charge on any atom is -0.478 e. The van der Waals surface area contributed by atoms with Gasteiger partial charge in [-0.3, -0.25) is 9.59 Å². The maximum absolute atomic E-state index is 12.0. The number of H-pyrrole nitrogens is 1. The third-order valence-corrected chi connectivity index (χ3v) is 3.40. The molecular weight excluding hydrogens is 244 g/mol. The van der Waals surface area contributed by atoms with Gasteiger partial charge in [0.2, 0.25) is 5.43 Å². The van der Waals surface area contributed by atoms with Crippen molar-refractivity contribution in [3.8, 4) is 5.75 Å². The van der Waals surface area contributed by atoms with Gasteiger partial charge in [-0.1, -0.05) is 12.8 Å². The number of aryl methyl sites for hydroxylation is 1. The summed E-state index contributed by atoms with van der Waals surface area (Å²) in [5.41, 5.74) is 0.455. The van der Waals surface area contributed by atoms with E-state index in [4.69, 9.17) is 4.74 Å². The Morgan fingerprint density at radius 2 is 2.00 bits per heavy atom. The summed E-state index contributed by atoms with van der Waals surface area (Å²) in [6.45, 7) is 3.29. The Balaban J connectivity index is 1.94. The summed E-state index contributed by atoms with van der Waals surface area (Å²) in [7, 11) is 0. The topological polar surface area (TPSA) is 62.4 Å². The molecule has 1 aliphatic heterocycles. The first-order valence-corrected chi connectivity index (χ1v) is 6.77. The molecule has 5 heteroatoms. The fourth-order valence-electron chi connectivity index (χ4n) is 2.29. The number of carbonyl (C=O) groups is 1. The molecule has 104 valence electrons. The zero-order chi connectivity index (χ0) is 13.7. The van der Waals surface area contributed by atoms with Crippen LogP contribution in [0.2, 0.25) is 0 Å². The summed E-state index contributed by atoms with van der Waals surface area (Å²) in [6.07, 6.45) is 6.04. The van der Waals surface area contributed by atoms with Crippen LogP contribution >= 0.6 is 0 Å². The lowest BCUT2D eigenvalue weighted by atomic mass is 10.2. The minimum atomic E-state index is -0.195. The number of carbonyl (C=O) groups excluding carboxylic acids is 1. The maximum Gasteiger partial charge on any atom is 0.260 e. The molecule has 1 amide bonds. The van der Waals surface area contributed by atoms with E-state index in [1.165, 1.54) is 18.9 Å². The number of rotatable bonds is 3. The van der Waals surface area contributed by atoms with Gasteiger partial charge in [0.15, 0.2) is 12.4 Å². The highest BCUT2D eigenvalue weighted by molar-refractivity contribution is 5.77. The molecule has 0 atom stereocenters. The van der Waals surface area contributed by atoms with E-state index < -0.39 is 0 Å². The fraction of sp³-hybridized carbons (Fsp3) is 0.571. The van der Waals surface area contributed by atoms with Crippen molar-refractivity contribution in [3.63, 3.8) is 0 Å². The average molecular weight is 264 g/mol. The number of nitrogens with zero attached hydrogens (tertiary/aromatic N) is 1. The summed E-state index contributed by atoms with van der Waals surface area (Å²) in [5.74, 6) is 0.204. The van der Waals surface area contributed by atoms with Crippen molar-refractivity contribution in [1.82, 2.24) is 9.88 Å². The van der Waals surface area contributed by atoms with E-state index in [9.17, 15) is 9.59 Å². The van der Waals surface area contributed by atoms with E-state index in [2.05, 4.69) is 4.98 Å². The molecule has 0 aliphatic carbocycles. The van der Waals surface area contributed by atoms with Crippen LogP contribution in [-0.4, -0.2) is 35.5 Å². The largest absolute Gasteiger partial charge is 0.478 e. The minimum absolute atomic E-state index is 0.0375. The molecule has 1 aromatic heterocycles. The maximum atomic E-state index is 12.0. The van der Waals surface area contributed by atoms with Gasteiger partial charge in [0.25, 0.3) is 5.91 Å². The predicted octanol–water partition coefficient (Wildman–Crippen LogP) is 1.46. The van der Waals surface area contributed by atoms with Crippen LogP contribution < -0.4 is 10.2 Å². The molecule has 1 N–H and O–H groups in total. The number of pyridine rings is 1. The molecule has 2 heterocycles. The lowest BCUT2D eigenvalue weighted by Gasteiger charge is -2.20. The van der Waals surface area contributed by atoms with Crippen molar-refractivity contribution >= 4 is 5.91 Å². The van der Waals surface area contributed by atoms with Crippen LogP contribution in [0.1, 0.15) is 31.4 Å². The van der Waals surface area contributed by atoms with E-state index in [-0.39, 0.29) is 23.7 Å². The van der Waals surface area contributed by atoms with Crippen molar-refractivity contribution in [1.29, 1.82) is 0 Å². The third-order valence-electron chi connectivity index (χ3n) is 3.40. The smallest absolute Gasteiger partial charge is 0.260 e. The summed E-state index contributed by atoms with van der Waals surface area (Å²) in [4.78, 5) is 28.4. The van der Waals surface area contributed by atoms with Crippen molar-refractivity contribution in [2.45, 2.75) is 32.6 Å². The SMILES string of the molecule is Cc1[nH]ccc(=O)c1OCC(=O)N1CCCCCC1. The first kappa shape index (κ1) is 13.6. The number of aromatic amines is 1. The molecule has 0 aromatic carbocycles. The van der Waals surface area contributed by atoms with Gasteiger partial charge >= 0.3 is 0 Å². The summed E-state index contributed by atoms with van der Waals surface area (Å²) >= 11 is 0. The number of aromatic nitrogens is 1. The van der Waals surface area contributed by atoms with Crippen molar-refractivity contribution < 1.29 is 9.53 Å². The van der Waals surface area contributed by atoms with E-state index in [1.807, 2.05) is 4.90 Å². The number of hydrogen-bond donors (Lipinski definition) is 1. The van der Waals surface area contributed by atoms with Crippen LogP contribution in [-0.2, 0) is 4.79 Å². The summed E-state index contributed by atoms with van der Waals surface area (Å²) in [5, 5.41) is 0. The van der Waals surface area contributed by atoms with E-state index in [0.717, 1.165) is 25.9 Å². The molecule has 2 rings (SSSR count). The van der Waals surface area contributed by atoms with Gasteiger partial charge in [0.1, 0.15) is 0 Å². The molecule has 1 aromatic rings. The Kier molecular flexibility index (Phi) is 4.60. The monoisotopic (exact) mass is 264 g/mol. The van der Waals surface area contributed by atoms with Gasteiger partial charge in [-0.05, 0) is 19.8 Å². The lowest BCUT2D eigenvalue weighted by molar-refractivity contribution is -0.133. The first-order chi connectivity index (χ1) is 9.18. The zero-order valence-corrected chi connectivity index (χ0v) is 11.3. The average Bonchev–Trinajstić information content (AvgIpc) is 2.66. The highest BCUT2D eigenvalue weighted by Crippen LogP contribution is 2.11. The molecule has 1 fully saturated rings. The first-order valence-electron chi connectivity index (χ1n) is 6.77. The highest BCUT2D eigenvalue weighted by atomic mass is 16.5. The molecule has 1 aliphatic rings. The number of nitrogens with one attached hydrogen (secondary N) is 1. The number of ether oxygens (including phenoxy) is 1. The normalized spacial score (nSPS) is 15.9.